The lowest BCUT2D eigenvalue weighted by Crippen LogP contribution is -2.42. The van der Waals surface area contributed by atoms with Crippen LogP contribution in [-0.2, 0) is 39.7 Å². The van der Waals surface area contributed by atoms with E-state index >= 15 is 0 Å². The van der Waals surface area contributed by atoms with Crippen molar-refractivity contribution in [3.8, 4) is 5.75 Å². The first-order valence-corrected chi connectivity index (χ1v) is 15.5. The lowest BCUT2D eigenvalue weighted by molar-refractivity contribution is -0.889. The summed E-state index contributed by atoms with van der Waals surface area (Å²) in [5.74, 6) is 0.484. The summed E-state index contributed by atoms with van der Waals surface area (Å²) in [6.07, 6.45) is 3.88. The van der Waals surface area contributed by atoms with Gasteiger partial charge in [0, 0.05) is 29.9 Å². The van der Waals surface area contributed by atoms with E-state index in [1.165, 1.54) is 5.56 Å². The molecule has 0 spiro atoms. The van der Waals surface area contributed by atoms with Crippen molar-refractivity contribution in [2.45, 2.75) is 26.1 Å². The molecule has 0 radical (unpaired) electrons. The van der Waals surface area contributed by atoms with Crippen molar-refractivity contribution in [3.05, 3.63) is 138 Å². The van der Waals surface area contributed by atoms with E-state index in [1.807, 2.05) is 85.1 Å². The smallest absolute Gasteiger partial charge is 0.403 e. The topological polar surface area (TPSA) is 60.6 Å². The highest BCUT2D eigenvalue weighted by molar-refractivity contribution is 7.48. The molecule has 0 bridgehead atoms. The first-order chi connectivity index (χ1) is 19.9. The highest BCUT2D eigenvalue weighted by Crippen LogP contribution is 2.52. The van der Waals surface area contributed by atoms with Crippen molar-refractivity contribution < 1.29 is 22.6 Å². The number of H-pyrrole nitrogens is 1. The minimum atomic E-state index is -3.99. The number of likely N-dealkylation sites (N-methyl/N-ethyl adjacent to an activating group) is 1. The second-order valence-corrected chi connectivity index (χ2v) is 12.5. The SMILES string of the molecule is C[N+](C)(CCc1ccccc1)CCc1c[nH]c2cccc(OP(=O)(OCc3ccccc3)OCc3ccccc3)c12. The fourth-order valence-corrected chi connectivity index (χ4v) is 5.96. The molecule has 0 aliphatic heterocycles. The van der Waals surface area contributed by atoms with Crippen LogP contribution in [-0.4, -0.2) is 36.7 Å². The van der Waals surface area contributed by atoms with Gasteiger partial charge in [0.1, 0.15) is 5.75 Å². The maximum atomic E-state index is 14.1. The Balaban J connectivity index is 1.33. The highest BCUT2D eigenvalue weighted by Gasteiger charge is 2.30. The van der Waals surface area contributed by atoms with Gasteiger partial charge in [0.25, 0.3) is 0 Å². The van der Waals surface area contributed by atoms with Gasteiger partial charge in [-0.15, -0.1) is 0 Å². The molecular weight excluding hydrogens is 531 g/mol. The molecule has 1 N–H and O–H groups in total. The third-order valence-electron chi connectivity index (χ3n) is 7.26. The van der Waals surface area contributed by atoms with Crippen LogP contribution in [0.2, 0.25) is 0 Å². The number of phosphoric acid groups is 1. The average Bonchev–Trinajstić information content (AvgIpc) is 3.43. The third kappa shape index (κ3) is 8.18. The van der Waals surface area contributed by atoms with E-state index in [0.29, 0.717) is 5.75 Å². The third-order valence-corrected chi connectivity index (χ3v) is 8.57. The first-order valence-electron chi connectivity index (χ1n) is 14.0. The number of hydrogen-bond acceptors (Lipinski definition) is 4. The fraction of sp³-hybridized carbons (Fsp3) is 0.235. The molecule has 0 aliphatic rings. The van der Waals surface area contributed by atoms with Crippen LogP contribution < -0.4 is 4.52 Å². The zero-order valence-electron chi connectivity index (χ0n) is 23.7. The molecule has 0 fully saturated rings. The van der Waals surface area contributed by atoms with Crippen LogP contribution in [0, 0.1) is 0 Å². The van der Waals surface area contributed by atoms with Gasteiger partial charge in [0.15, 0.2) is 0 Å². The minimum absolute atomic E-state index is 0.107. The summed E-state index contributed by atoms with van der Waals surface area (Å²) in [4.78, 5) is 3.37. The predicted octanol–water partition coefficient (Wildman–Crippen LogP) is 7.95. The van der Waals surface area contributed by atoms with Crippen molar-refractivity contribution in [1.82, 2.24) is 4.98 Å². The molecule has 5 rings (SSSR count). The molecule has 7 heteroatoms. The zero-order valence-corrected chi connectivity index (χ0v) is 24.6. The number of nitrogens with one attached hydrogen (secondary N) is 1. The number of quaternary nitrogens is 1. The van der Waals surface area contributed by atoms with Crippen LogP contribution in [0.1, 0.15) is 22.3 Å². The first kappa shape index (κ1) is 28.8. The van der Waals surface area contributed by atoms with Gasteiger partial charge in [-0.3, -0.25) is 9.05 Å². The second kappa shape index (κ2) is 13.3. The van der Waals surface area contributed by atoms with Crippen LogP contribution >= 0.6 is 7.82 Å². The molecule has 0 saturated heterocycles. The van der Waals surface area contributed by atoms with E-state index in [2.05, 4.69) is 49.4 Å². The Bertz CT molecular complexity index is 1520. The van der Waals surface area contributed by atoms with Gasteiger partial charge in [-0.2, -0.15) is 0 Å². The molecule has 1 heterocycles. The maximum absolute atomic E-state index is 14.1. The molecule has 6 nitrogen and oxygen atoms in total. The van der Waals surface area contributed by atoms with Crippen molar-refractivity contribution in [2.75, 3.05) is 27.2 Å². The van der Waals surface area contributed by atoms with Gasteiger partial charge in [-0.25, -0.2) is 4.57 Å². The van der Waals surface area contributed by atoms with Crippen molar-refractivity contribution in [1.29, 1.82) is 0 Å². The Labute approximate surface area is 242 Å². The largest absolute Gasteiger partial charge is 0.530 e. The second-order valence-electron chi connectivity index (χ2n) is 10.9. The molecule has 0 saturated carbocycles. The minimum Gasteiger partial charge on any atom is -0.403 e. The number of hydrogen-bond donors (Lipinski definition) is 1. The van der Waals surface area contributed by atoms with E-state index in [0.717, 1.165) is 58.0 Å². The summed E-state index contributed by atoms with van der Waals surface area (Å²) < 4.78 is 32.9. The van der Waals surface area contributed by atoms with Crippen molar-refractivity contribution in [2.24, 2.45) is 0 Å². The van der Waals surface area contributed by atoms with E-state index in [1.54, 1.807) is 0 Å². The van der Waals surface area contributed by atoms with Crippen molar-refractivity contribution >= 4 is 18.7 Å². The van der Waals surface area contributed by atoms with Gasteiger partial charge < -0.3 is 14.0 Å². The number of aromatic amines is 1. The molecule has 1 aromatic heterocycles. The lowest BCUT2D eigenvalue weighted by Gasteiger charge is -2.30. The van der Waals surface area contributed by atoms with E-state index in [9.17, 15) is 4.57 Å². The molecule has 0 amide bonds. The van der Waals surface area contributed by atoms with Crippen LogP contribution in [0.4, 0.5) is 0 Å². The zero-order chi connectivity index (χ0) is 28.5. The highest BCUT2D eigenvalue weighted by atomic mass is 31.2. The number of aromatic nitrogens is 1. The molecule has 0 atom stereocenters. The summed E-state index contributed by atoms with van der Waals surface area (Å²) in [5.41, 5.74) is 5.15. The lowest BCUT2D eigenvalue weighted by atomic mass is 10.1. The summed E-state index contributed by atoms with van der Waals surface area (Å²) in [6, 6.07) is 35.5. The maximum Gasteiger partial charge on any atom is 0.530 e. The summed E-state index contributed by atoms with van der Waals surface area (Å²) in [6.45, 7) is 2.19. The van der Waals surface area contributed by atoms with Crippen LogP contribution in [0.15, 0.2) is 115 Å². The number of rotatable bonds is 14. The molecule has 212 valence electrons. The summed E-state index contributed by atoms with van der Waals surface area (Å²) in [5, 5.41) is 0.905. The van der Waals surface area contributed by atoms with Gasteiger partial charge in [-0.1, -0.05) is 97.1 Å². The van der Waals surface area contributed by atoms with Gasteiger partial charge in [0.05, 0.1) is 40.4 Å². The molecule has 5 aromatic rings. The normalized spacial score (nSPS) is 12.0. The number of nitrogens with zero attached hydrogens (tertiary/aromatic N) is 1. The number of phosphoric ester groups is 1. The van der Waals surface area contributed by atoms with E-state index in [4.69, 9.17) is 13.6 Å². The Morgan fingerprint density at radius 1 is 0.659 bits per heavy atom. The summed E-state index contributed by atoms with van der Waals surface area (Å²) >= 11 is 0. The Morgan fingerprint density at radius 2 is 1.20 bits per heavy atom. The average molecular weight is 570 g/mol. The van der Waals surface area contributed by atoms with E-state index in [-0.39, 0.29) is 13.2 Å². The standard InChI is InChI=1S/C34H38N2O4P/c1-36(2,23-21-28-13-6-3-7-14-28)24-22-31-25-35-32-19-12-20-33(34(31)32)40-41(37,38-26-29-15-8-4-9-16-29)39-27-30-17-10-5-11-18-30/h3-20,25,35H,21-24,26-27H2,1-2H3/q+1. The van der Waals surface area contributed by atoms with E-state index < -0.39 is 7.82 Å². The van der Waals surface area contributed by atoms with Crippen LogP contribution in [0.25, 0.3) is 10.9 Å². The number of benzene rings is 4. The fourth-order valence-electron chi connectivity index (χ4n) is 4.77. The van der Waals surface area contributed by atoms with Crippen LogP contribution in [0.5, 0.6) is 5.75 Å². The molecule has 0 unspecified atom stereocenters. The van der Waals surface area contributed by atoms with Gasteiger partial charge in [0.2, 0.25) is 0 Å². The molecular formula is C34H38N2O4P+. The Morgan fingerprint density at radius 3 is 1.78 bits per heavy atom. The molecule has 41 heavy (non-hydrogen) atoms. The molecule has 0 aliphatic carbocycles. The monoisotopic (exact) mass is 569 g/mol. The van der Waals surface area contributed by atoms with Gasteiger partial charge in [-0.05, 0) is 34.4 Å². The predicted molar refractivity (Wildman–Crippen MR) is 165 cm³/mol. The quantitative estimate of drug-likeness (QED) is 0.109. The Kier molecular flexibility index (Phi) is 9.38. The van der Waals surface area contributed by atoms with Crippen LogP contribution in [0.3, 0.4) is 0 Å². The Hall–Kier alpha value is -3.67. The summed E-state index contributed by atoms with van der Waals surface area (Å²) in [7, 11) is 0.538. The number of fused-ring (bicyclic) bond motifs is 1. The van der Waals surface area contributed by atoms with Crippen molar-refractivity contribution in [3.63, 3.8) is 0 Å². The molecule has 4 aromatic carbocycles. The van der Waals surface area contributed by atoms with Gasteiger partial charge >= 0.3 is 7.82 Å².